The van der Waals surface area contributed by atoms with Crippen LogP contribution in [0.3, 0.4) is 0 Å². The number of carbonyl (C=O) groups is 1. The Morgan fingerprint density at radius 1 is 1.03 bits per heavy atom. The van der Waals surface area contributed by atoms with Crippen molar-refractivity contribution in [2.75, 3.05) is 6.26 Å². The van der Waals surface area contributed by atoms with Crippen molar-refractivity contribution in [1.82, 2.24) is 15.1 Å². The smallest absolute Gasteiger partial charge is 0.207 e. The van der Waals surface area contributed by atoms with Crippen LogP contribution < -0.4 is 5.32 Å². The van der Waals surface area contributed by atoms with Crippen molar-refractivity contribution >= 4 is 39.2 Å². The van der Waals surface area contributed by atoms with Crippen LogP contribution >= 0.6 is 22.9 Å². The number of hydrogen-bond acceptors (Lipinski definition) is 5. The highest BCUT2D eigenvalue weighted by atomic mass is 35.5. The second kappa shape index (κ2) is 8.78. The molecule has 4 rings (SSSR count). The van der Waals surface area contributed by atoms with Gasteiger partial charge < -0.3 is 5.32 Å². The number of thiophene rings is 1. The molecule has 0 saturated heterocycles. The summed E-state index contributed by atoms with van der Waals surface area (Å²) in [6.45, 7) is 3.75. The highest BCUT2D eigenvalue weighted by Crippen LogP contribution is 2.38. The molecule has 0 radical (unpaired) electrons. The fourth-order valence-electron chi connectivity index (χ4n) is 3.40. The molecule has 0 atom stereocenters. The highest BCUT2D eigenvalue weighted by Gasteiger charge is 2.26. The van der Waals surface area contributed by atoms with Gasteiger partial charge in [0.2, 0.25) is 6.41 Å². The Morgan fingerprint density at radius 3 is 2.45 bits per heavy atom. The topological polar surface area (TPSA) is 81.1 Å². The molecule has 6 nitrogen and oxygen atoms in total. The van der Waals surface area contributed by atoms with Gasteiger partial charge in [-0.05, 0) is 61.9 Å². The number of aromatic nitrogens is 2. The predicted octanol–water partition coefficient (Wildman–Crippen LogP) is 5.31. The first-order valence-corrected chi connectivity index (χ1v) is 13.2. The normalized spacial score (nSPS) is 12.0. The Kier molecular flexibility index (Phi) is 6.18. The van der Waals surface area contributed by atoms with Crippen LogP contribution in [-0.2, 0) is 20.2 Å². The van der Waals surface area contributed by atoms with Gasteiger partial charge >= 0.3 is 0 Å². The summed E-state index contributed by atoms with van der Waals surface area (Å²) < 4.78 is 25.7. The maximum absolute atomic E-state index is 12.0. The number of sulfone groups is 1. The maximum Gasteiger partial charge on any atom is 0.207 e. The summed E-state index contributed by atoms with van der Waals surface area (Å²) in [5, 5.41) is 8.13. The van der Waals surface area contributed by atoms with Gasteiger partial charge in [0.15, 0.2) is 9.84 Å². The van der Waals surface area contributed by atoms with Crippen LogP contribution in [0.5, 0.6) is 0 Å². The van der Waals surface area contributed by atoms with E-state index in [-0.39, 0.29) is 4.90 Å². The highest BCUT2D eigenvalue weighted by molar-refractivity contribution is 7.90. The maximum atomic E-state index is 12.0. The summed E-state index contributed by atoms with van der Waals surface area (Å²) in [5.41, 5.74) is 2.35. The molecule has 0 aliphatic rings. The van der Waals surface area contributed by atoms with Gasteiger partial charge in [0.25, 0.3) is 0 Å². The van der Waals surface area contributed by atoms with Crippen molar-refractivity contribution in [3.8, 4) is 26.7 Å². The van der Waals surface area contributed by atoms with Crippen molar-refractivity contribution in [3.63, 3.8) is 0 Å². The van der Waals surface area contributed by atoms with Crippen LogP contribution in [0.2, 0.25) is 5.02 Å². The molecule has 0 spiro atoms. The van der Waals surface area contributed by atoms with Crippen molar-refractivity contribution in [2.45, 2.75) is 24.3 Å². The Morgan fingerprint density at radius 2 is 1.76 bits per heavy atom. The molecule has 9 heteroatoms. The van der Waals surface area contributed by atoms with Crippen molar-refractivity contribution in [1.29, 1.82) is 0 Å². The quantitative estimate of drug-likeness (QED) is 0.349. The summed E-state index contributed by atoms with van der Waals surface area (Å²) in [6.07, 6.45) is 1.86. The fraction of sp³-hybridized carbons (Fsp3) is 0.167. The minimum Gasteiger partial charge on any atom is -0.348 e. The Balaban J connectivity index is 1.85. The second-order valence-electron chi connectivity index (χ2n) is 8.13. The number of rotatable bonds is 7. The van der Waals surface area contributed by atoms with Crippen molar-refractivity contribution in [2.24, 2.45) is 0 Å². The molecule has 2 heterocycles. The minimum absolute atomic E-state index is 0.278. The molecule has 1 amide bonds. The van der Waals surface area contributed by atoms with Crippen molar-refractivity contribution < 1.29 is 13.2 Å². The van der Waals surface area contributed by atoms with Crippen molar-refractivity contribution in [3.05, 3.63) is 77.4 Å². The Bertz CT molecular complexity index is 1440. The van der Waals surface area contributed by atoms with Gasteiger partial charge in [0.1, 0.15) is 0 Å². The van der Waals surface area contributed by atoms with Crippen LogP contribution in [-0.4, -0.2) is 30.9 Å². The molecule has 2 aromatic heterocycles. The third-order valence-electron chi connectivity index (χ3n) is 5.26. The van der Waals surface area contributed by atoms with Gasteiger partial charge in [-0.25, -0.2) is 13.1 Å². The van der Waals surface area contributed by atoms with Gasteiger partial charge in [-0.3, -0.25) is 4.79 Å². The lowest BCUT2D eigenvalue weighted by Gasteiger charge is -2.20. The molecular weight excluding hydrogens is 478 g/mol. The molecular formula is C24H22ClN3O3S2. The number of nitrogens with one attached hydrogen (secondary N) is 1. The van der Waals surface area contributed by atoms with Gasteiger partial charge in [-0.1, -0.05) is 35.9 Å². The average Bonchev–Trinajstić information content (AvgIpc) is 3.41. The number of nitrogens with zero attached hydrogens (tertiary/aromatic N) is 2. The lowest BCUT2D eigenvalue weighted by molar-refractivity contribution is -0.111. The minimum atomic E-state index is -3.30. The van der Waals surface area contributed by atoms with E-state index in [9.17, 15) is 13.2 Å². The molecule has 0 bridgehead atoms. The van der Waals surface area contributed by atoms with Crippen LogP contribution in [0.25, 0.3) is 26.7 Å². The molecule has 4 aromatic rings. The number of benzene rings is 2. The number of carbonyl (C=O) groups excluding carboxylic acids is 1. The lowest BCUT2D eigenvalue weighted by atomic mass is 10.0. The van der Waals surface area contributed by atoms with E-state index in [4.69, 9.17) is 16.7 Å². The molecule has 33 heavy (non-hydrogen) atoms. The van der Waals surface area contributed by atoms with Gasteiger partial charge in [-0.2, -0.15) is 5.10 Å². The zero-order valence-corrected chi connectivity index (χ0v) is 20.6. The lowest BCUT2D eigenvalue weighted by Crippen LogP contribution is -2.35. The van der Waals surface area contributed by atoms with Gasteiger partial charge in [0.05, 0.1) is 37.4 Å². The summed E-state index contributed by atoms with van der Waals surface area (Å²) in [6, 6.07) is 20.2. The van der Waals surface area contributed by atoms with Gasteiger partial charge in [0, 0.05) is 11.1 Å². The van der Waals surface area contributed by atoms with E-state index in [0.717, 1.165) is 26.7 Å². The first-order valence-electron chi connectivity index (χ1n) is 10.1. The number of halogens is 1. The van der Waals surface area contributed by atoms with Crippen LogP contribution in [0.1, 0.15) is 19.5 Å². The monoisotopic (exact) mass is 499 g/mol. The zero-order chi connectivity index (χ0) is 23.8. The summed E-state index contributed by atoms with van der Waals surface area (Å²) in [5.74, 6) is 0. The molecule has 0 unspecified atom stereocenters. The third-order valence-corrected chi connectivity index (χ3v) is 7.84. The molecule has 0 saturated carbocycles. The summed E-state index contributed by atoms with van der Waals surface area (Å²) in [4.78, 5) is 13.3. The van der Waals surface area contributed by atoms with E-state index in [2.05, 4.69) is 5.32 Å². The number of amides is 1. The largest absolute Gasteiger partial charge is 0.348 e. The molecule has 2 aromatic carbocycles. The first kappa shape index (κ1) is 23.2. The van der Waals surface area contributed by atoms with Crippen LogP contribution in [0.4, 0.5) is 0 Å². The number of para-hydroxylation sites is 1. The fourth-order valence-corrected chi connectivity index (χ4v) is 5.29. The Labute approximate surface area is 201 Å². The summed E-state index contributed by atoms with van der Waals surface area (Å²) in [7, 11) is -3.30. The van der Waals surface area contributed by atoms with Crippen LogP contribution in [0.15, 0.2) is 71.6 Å². The molecule has 0 aliphatic carbocycles. The molecule has 1 N–H and O–H groups in total. The van der Waals surface area contributed by atoms with E-state index >= 15 is 0 Å². The average molecular weight is 500 g/mol. The third kappa shape index (κ3) is 4.73. The van der Waals surface area contributed by atoms with E-state index in [0.29, 0.717) is 17.1 Å². The Hall–Kier alpha value is -2.94. The molecule has 0 aliphatic heterocycles. The van der Waals surface area contributed by atoms with Crippen LogP contribution in [0, 0.1) is 0 Å². The molecule has 0 fully saturated rings. The van der Waals surface area contributed by atoms with E-state index < -0.39 is 15.4 Å². The number of hydrogen-bond donors (Lipinski definition) is 1. The first-order chi connectivity index (χ1) is 15.6. The van der Waals surface area contributed by atoms with E-state index in [1.807, 2.05) is 56.3 Å². The standard InChI is InChI=1S/C24H22ClN3O3S2/c1-24(2,26-15-29)23-14-20(28(27-23)19-10-5-4-9-18(19)25)22-12-11-21(32-22)16-7-6-8-17(13-16)33(3,30)31/h4-15H,1-3H3,(H,26,29). The zero-order valence-electron chi connectivity index (χ0n) is 18.2. The second-order valence-corrected chi connectivity index (χ2v) is 11.6. The SMILES string of the molecule is CC(C)(NC=O)c1cc(-c2ccc(-c3cccc(S(C)(=O)=O)c3)s2)n(-c2ccccc2Cl)n1. The molecule has 170 valence electrons. The summed E-state index contributed by atoms with van der Waals surface area (Å²) >= 11 is 8.00. The predicted molar refractivity (Wildman–Crippen MR) is 133 cm³/mol. The van der Waals surface area contributed by atoms with E-state index in [1.165, 1.54) is 17.6 Å². The van der Waals surface area contributed by atoms with Gasteiger partial charge in [-0.15, -0.1) is 11.3 Å². The van der Waals surface area contributed by atoms with E-state index in [1.54, 1.807) is 28.9 Å².